The highest BCUT2D eigenvalue weighted by molar-refractivity contribution is 6.36. The molecule has 3 rings (SSSR count). The Hall–Kier alpha value is -1.59. The van der Waals surface area contributed by atoms with Crippen molar-refractivity contribution in [3.63, 3.8) is 0 Å². The molecule has 0 radical (unpaired) electrons. The Kier molecular flexibility index (Phi) is 5.41. The molecule has 0 aliphatic carbocycles. The van der Waals surface area contributed by atoms with Crippen LogP contribution >= 0.6 is 23.2 Å². The highest BCUT2D eigenvalue weighted by Gasteiger charge is 2.45. The first-order valence-corrected chi connectivity index (χ1v) is 8.33. The van der Waals surface area contributed by atoms with Gasteiger partial charge in [-0.25, -0.2) is 4.79 Å². The zero-order valence-electron chi connectivity index (χ0n) is 12.9. The number of rotatable bonds is 4. The van der Waals surface area contributed by atoms with E-state index in [1.807, 2.05) is 30.3 Å². The lowest BCUT2D eigenvalue weighted by Crippen LogP contribution is -2.28. The van der Waals surface area contributed by atoms with Crippen molar-refractivity contribution in [2.75, 3.05) is 6.61 Å². The molecule has 1 heterocycles. The van der Waals surface area contributed by atoms with Crippen molar-refractivity contribution in [3.05, 3.63) is 69.7 Å². The number of esters is 1. The summed E-state index contributed by atoms with van der Waals surface area (Å²) in [7, 11) is 0. The van der Waals surface area contributed by atoms with Crippen molar-refractivity contribution < 1.29 is 19.0 Å². The lowest BCUT2D eigenvalue weighted by atomic mass is 10.0. The van der Waals surface area contributed by atoms with Gasteiger partial charge in [0.2, 0.25) is 0 Å². The fraction of sp³-hybridized carbons (Fsp3) is 0.278. The first-order valence-electron chi connectivity index (χ1n) is 7.58. The SMILES string of the molecule is CCOC(=O)[C@H]1OC(c2ccccc2)O[C@@H]1c1c(Cl)cccc1Cl. The quantitative estimate of drug-likeness (QED) is 0.734. The summed E-state index contributed by atoms with van der Waals surface area (Å²) in [6.07, 6.45) is -2.37. The maximum absolute atomic E-state index is 12.3. The summed E-state index contributed by atoms with van der Waals surface area (Å²) in [4.78, 5) is 12.3. The van der Waals surface area contributed by atoms with Crippen LogP contribution in [0.3, 0.4) is 0 Å². The summed E-state index contributed by atoms with van der Waals surface area (Å²) in [5.41, 5.74) is 1.33. The second kappa shape index (κ2) is 7.53. The molecular weight excluding hydrogens is 351 g/mol. The number of benzene rings is 2. The predicted octanol–water partition coefficient (Wildman–Crippen LogP) is 4.71. The minimum Gasteiger partial charge on any atom is -0.464 e. The Morgan fingerprint density at radius 1 is 1.04 bits per heavy atom. The predicted molar refractivity (Wildman–Crippen MR) is 91.0 cm³/mol. The van der Waals surface area contributed by atoms with Gasteiger partial charge in [0.15, 0.2) is 12.4 Å². The van der Waals surface area contributed by atoms with Crippen molar-refractivity contribution in [3.8, 4) is 0 Å². The van der Waals surface area contributed by atoms with Crippen molar-refractivity contribution in [1.82, 2.24) is 0 Å². The van der Waals surface area contributed by atoms with Crippen LogP contribution in [0.25, 0.3) is 0 Å². The first kappa shape index (κ1) is 17.2. The standard InChI is InChI=1S/C18H16Cl2O4/c1-2-22-17(21)16-15(14-12(19)9-6-10-13(14)20)23-18(24-16)11-7-4-3-5-8-11/h3-10,15-16,18H,2H2,1H3/t15-,16+,18?/m1/s1. The van der Waals surface area contributed by atoms with Gasteiger partial charge in [-0.3, -0.25) is 0 Å². The monoisotopic (exact) mass is 366 g/mol. The van der Waals surface area contributed by atoms with Crippen LogP contribution < -0.4 is 0 Å². The van der Waals surface area contributed by atoms with Crippen molar-refractivity contribution in [2.45, 2.75) is 25.4 Å². The highest BCUT2D eigenvalue weighted by Crippen LogP contribution is 2.44. The molecule has 0 saturated carbocycles. The van der Waals surface area contributed by atoms with E-state index in [1.165, 1.54) is 0 Å². The highest BCUT2D eigenvalue weighted by atomic mass is 35.5. The average molecular weight is 367 g/mol. The molecule has 6 heteroatoms. The van der Waals surface area contributed by atoms with E-state index in [1.54, 1.807) is 25.1 Å². The second-order valence-corrected chi connectivity index (χ2v) is 6.06. The molecule has 1 unspecified atom stereocenters. The molecule has 0 amide bonds. The van der Waals surface area contributed by atoms with Crippen molar-refractivity contribution >= 4 is 29.2 Å². The van der Waals surface area contributed by atoms with E-state index < -0.39 is 24.5 Å². The van der Waals surface area contributed by atoms with Crippen molar-refractivity contribution in [2.24, 2.45) is 0 Å². The molecule has 2 aromatic carbocycles. The van der Waals surface area contributed by atoms with Gasteiger partial charge in [-0.05, 0) is 19.1 Å². The summed E-state index contributed by atoms with van der Waals surface area (Å²) in [5, 5.41) is 0.832. The van der Waals surface area contributed by atoms with Gasteiger partial charge in [-0.2, -0.15) is 0 Å². The summed E-state index contributed by atoms with van der Waals surface area (Å²) in [5.74, 6) is -0.503. The van der Waals surface area contributed by atoms with Crippen LogP contribution in [0.4, 0.5) is 0 Å². The molecule has 4 nitrogen and oxygen atoms in total. The third kappa shape index (κ3) is 3.42. The van der Waals surface area contributed by atoms with E-state index in [0.717, 1.165) is 5.56 Å². The molecule has 0 bridgehead atoms. The van der Waals surface area contributed by atoms with Gasteiger partial charge in [0.25, 0.3) is 0 Å². The van der Waals surface area contributed by atoms with Crippen LogP contribution in [0.5, 0.6) is 0 Å². The van der Waals surface area contributed by atoms with Gasteiger partial charge < -0.3 is 14.2 Å². The lowest BCUT2D eigenvalue weighted by molar-refractivity contribution is -0.157. The smallest absolute Gasteiger partial charge is 0.338 e. The van der Waals surface area contributed by atoms with Crippen LogP contribution in [-0.2, 0) is 19.0 Å². The number of hydrogen-bond acceptors (Lipinski definition) is 4. The number of ether oxygens (including phenoxy) is 3. The van der Waals surface area contributed by atoms with E-state index in [2.05, 4.69) is 0 Å². The summed E-state index contributed by atoms with van der Waals surface area (Å²) in [6.45, 7) is 1.98. The van der Waals surface area contributed by atoms with Crippen LogP contribution in [0.1, 0.15) is 30.4 Å². The summed E-state index contributed by atoms with van der Waals surface area (Å²) in [6, 6.07) is 14.5. The van der Waals surface area contributed by atoms with Gasteiger partial charge in [-0.1, -0.05) is 59.6 Å². The van der Waals surface area contributed by atoms with E-state index in [0.29, 0.717) is 15.6 Å². The van der Waals surface area contributed by atoms with E-state index in [-0.39, 0.29) is 6.61 Å². The van der Waals surface area contributed by atoms with E-state index in [9.17, 15) is 4.79 Å². The Balaban J connectivity index is 1.96. The fourth-order valence-corrected chi connectivity index (χ4v) is 3.23. The Morgan fingerprint density at radius 3 is 2.33 bits per heavy atom. The van der Waals surface area contributed by atoms with E-state index in [4.69, 9.17) is 37.4 Å². The molecule has 1 aliphatic rings. The molecular formula is C18H16Cl2O4. The minimum atomic E-state index is -0.937. The average Bonchev–Trinajstić information content (AvgIpc) is 3.01. The lowest BCUT2D eigenvalue weighted by Gasteiger charge is -2.18. The topological polar surface area (TPSA) is 44.8 Å². The molecule has 126 valence electrons. The molecule has 1 aliphatic heterocycles. The number of carbonyl (C=O) groups excluding carboxylic acids is 1. The third-order valence-corrected chi connectivity index (χ3v) is 4.35. The van der Waals surface area contributed by atoms with Gasteiger partial charge in [0.05, 0.1) is 6.61 Å². The minimum absolute atomic E-state index is 0.248. The van der Waals surface area contributed by atoms with Crippen LogP contribution in [0, 0.1) is 0 Å². The Bertz CT molecular complexity index is 700. The van der Waals surface area contributed by atoms with Crippen LogP contribution in [-0.4, -0.2) is 18.7 Å². The van der Waals surface area contributed by atoms with Gasteiger partial charge in [0.1, 0.15) is 6.10 Å². The van der Waals surface area contributed by atoms with Crippen molar-refractivity contribution in [1.29, 1.82) is 0 Å². The number of hydrogen-bond donors (Lipinski definition) is 0. The Labute approximate surface area is 150 Å². The largest absolute Gasteiger partial charge is 0.464 e. The molecule has 0 N–H and O–H groups in total. The van der Waals surface area contributed by atoms with Crippen LogP contribution in [0.15, 0.2) is 48.5 Å². The third-order valence-electron chi connectivity index (χ3n) is 3.69. The fourth-order valence-electron chi connectivity index (χ4n) is 2.61. The molecule has 3 atom stereocenters. The van der Waals surface area contributed by atoms with Gasteiger partial charge in [-0.15, -0.1) is 0 Å². The maximum Gasteiger partial charge on any atom is 0.338 e. The molecule has 0 spiro atoms. The molecule has 24 heavy (non-hydrogen) atoms. The van der Waals surface area contributed by atoms with Gasteiger partial charge in [0, 0.05) is 21.2 Å². The second-order valence-electron chi connectivity index (χ2n) is 5.24. The summed E-state index contributed by atoms with van der Waals surface area (Å²) >= 11 is 12.6. The maximum atomic E-state index is 12.3. The number of halogens is 2. The zero-order valence-corrected chi connectivity index (χ0v) is 14.5. The summed E-state index contributed by atoms with van der Waals surface area (Å²) < 4.78 is 16.9. The molecule has 1 fully saturated rings. The number of carbonyl (C=O) groups is 1. The molecule has 0 aromatic heterocycles. The van der Waals surface area contributed by atoms with Gasteiger partial charge >= 0.3 is 5.97 Å². The zero-order chi connectivity index (χ0) is 17.1. The molecule has 2 aromatic rings. The Morgan fingerprint density at radius 2 is 1.71 bits per heavy atom. The molecule has 1 saturated heterocycles. The van der Waals surface area contributed by atoms with Crippen LogP contribution in [0.2, 0.25) is 10.0 Å². The normalized spacial score (nSPS) is 23.2. The first-order chi connectivity index (χ1) is 11.6. The van der Waals surface area contributed by atoms with E-state index >= 15 is 0 Å².